The molecule has 1 aliphatic carbocycles. The standard InChI is InChI=1S/C17H27N/c1-4-5-15-8-10-17(18,11-9-15)16-12-13(2)6-7-14(16)3/h6-7,12,15H,4-5,8-11,18H2,1-3H3. The average molecular weight is 245 g/mol. The number of benzene rings is 1. The van der Waals surface area contributed by atoms with Gasteiger partial charge in [0, 0.05) is 5.54 Å². The summed E-state index contributed by atoms with van der Waals surface area (Å²) in [5.41, 5.74) is 10.7. The first-order chi connectivity index (χ1) is 8.55. The first kappa shape index (κ1) is 13.6. The second-order valence-corrected chi connectivity index (χ2v) is 6.21. The molecule has 1 nitrogen and oxygen atoms in total. The Labute approximate surface area is 112 Å². The van der Waals surface area contributed by atoms with Gasteiger partial charge in [-0.3, -0.25) is 0 Å². The van der Waals surface area contributed by atoms with Crippen LogP contribution in [0, 0.1) is 19.8 Å². The fraction of sp³-hybridized carbons (Fsp3) is 0.647. The molecule has 0 aliphatic heterocycles. The van der Waals surface area contributed by atoms with Crippen LogP contribution in [0.2, 0.25) is 0 Å². The molecule has 0 atom stereocenters. The van der Waals surface area contributed by atoms with E-state index < -0.39 is 0 Å². The van der Waals surface area contributed by atoms with Gasteiger partial charge in [0.25, 0.3) is 0 Å². The lowest BCUT2D eigenvalue weighted by Crippen LogP contribution is -2.41. The van der Waals surface area contributed by atoms with Crippen LogP contribution < -0.4 is 5.73 Å². The first-order valence-electron chi connectivity index (χ1n) is 7.42. The van der Waals surface area contributed by atoms with Gasteiger partial charge in [0.2, 0.25) is 0 Å². The van der Waals surface area contributed by atoms with E-state index in [2.05, 4.69) is 39.0 Å². The number of rotatable bonds is 3. The molecule has 1 saturated carbocycles. The van der Waals surface area contributed by atoms with E-state index in [-0.39, 0.29) is 5.54 Å². The summed E-state index contributed by atoms with van der Waals surface area (Å²) in [6, 6.07) is 6.71. The van der Waals surface area contributed by atoms with Crippen LogP contribution in [0.15, 0.2) is 18.2 Å². The van der Waals surface area contributed by atoms with Gasteiger partial charge in [-0.15, -0.1) is 0 Å². The van der Waals surface area contributed by atoms with Crippen LogP contribution in [0.4, 0.5) is 0 Å². The van der Waals surface area contributed by atoms with Crippen molar-refractivity contribution >= 4 is 0 Å². The minimum atomic E-state index is -0.0691. The van der Waals surface area contributed by atoms with Gasteiger partial charge < -0.3 is 5.73 Å². The molecule has 0 amide bonds. The largest absolute Gasteiger partial charge is 0.321 e. The molecule has 0 bridgehead atoms. The lowest BCUT2D eigenvalue weighted by Gasteiger charge is -2.38. The predicted octanol–water partition coefficient (Wildman–Crippen LogP) is 4.45. The highest BCUT2D eigenvalue weighted by molar-refractivity contribution is 5.36. The summed E-state index contributed by atoms with van der Waals surface area (Å²) in [6.07, 6.45) is 7.61. The quantitative estimate of drug-likeness (QED) is 0.836. The Balaban J connectivity index is 2.15. The summed E-state index contributed by atoms with van der Waals surface area (Å²) >= 11 is 0. The normalized spacial score (nSPS) is 28.3. The molecule has 1 aromatic carbocycles. The van der Waals surface area contributed by atoms with Crippen molar-refractivity contribution in [3.8, 4) is 0 Å². The third-order valence-electron chi connectivity index (χ3n) is 4.62. The smallest absolute Gasteiger partial charge is 0.0412 e. The molecule has 2 N–H and O–H groups in total. The molecule has 2 rings (SSSR count). The molecular weight excluding hydrogens is 218 g/mol. The molecule has 0 saturated heterocycles. The molecule has 0 unspecified atom stereocenters. The van der Waals surface area contributed by atoms with Crippen LogP contribution in [0.25, 0.3) is 0 Å². The van der Waals surface area contributed by atoms with Gasteiger partial charge in [-0.1, -0.05) is 43.5 Å². The van der Waals surface area contributed by atoms with Crippen LogP contribution in [0.5, 0.6) is 0 Å². The number of hydrogen-bond donors (Lipinski definition) is 1. The van der Waals surface area contributed by atoms with Gasteiger partial charge in [-0.2, -0.15) is 0 Å². The summed E-state index contributed by atoms with van der Waals surface area (Å²) in [7, 11) is 0. The third-order valence-corrected chi connectivity index (χ3v) is 4.62. The zero-order valence-electron chi connectivity index (χ0n) is 12.1. The second kappa shape index (κ2) is 5.44. The summed E-state index contributed by atoms with van der Waals surface area (Å²) < 4.78 is 0. The molecule has 1 aliphatic rings. The summed E-state index contributed by atoms with van der Waals surface area (Å²) in [5, 5.41) is 0. The Morgan fingerprint density at radius 2 is 1.89 bits per heavy atom. The van der Waals surface area contributed by atoms with E-state index in [9.17, 15) is 0 Å². The lowest BCUT2D eigenvalue weighted by molar-refractivity contribution is 0.225. The Kier molecular flexibility index (Phi) is 4.11. The van der Waals surface area contributed by atoms with Crippen molar-refractivity contribution in [3.05, 3.63) is 34.9 Å². The van der Waals surface area contributed by atoms with Crippen LogP contribution in [0.3, 0.4) is 0 Å². The molecule has 1 aromatic rings. The van der Waals surface area contributed by atoms with Crippen molar-refractivity contribution in [2.24, 2.45) is 11.7 Å². The molecule has 0 spiro atoms. The average Bonchev–Trinajstić information content (AvgIpc) is 2.36. The number of aryl methyl sites for hydroxylation is 2. The van der Waals surface area contributed by atoms with Gasteiger partial charge in [0.05, 0.1) is 0 Å². The van der Waals surface area contributed by atoms with E-state index in [0.29, 0.717) is 0 Å². The Hall–Kier alpha value is -0.820. The van der Waals surface area contributed by atoms with Gasteiger partial charge >= 0.3 is 0 Å². The van der Waals surface area contributed by atoms with E-state index >= 15 is 0 Å². The Morgan fingerprint density at radius 1 is 1.22 bits per heavy atom. The van der Waals surface area contributed by atoms with E-state index in [4.69, 9.17) is 5.73 Å². The van der Waals surface area contributed by atoms with Gasteiger partial charge in [-0.05, 0) is 56.6 Å². The number of hydrogen-bond acceptors (Lipinski definition) is 1. The van der Waals surface area contributed by atoms with Crippen LogP contribution in [-0.2, 0) is 5.54 Å². The van der Waals surface area contributed by atoms with Gasteiger partial charge in [-0.25, -0.2) is 0 Å². The number of nitrogens with two attached hydrogens (primary N) is 1. The second-order valence-electron chi connectivity index (χ2n) is 6.21. The predicted molar refractivity (Wildman–Crippen MR) is 78.6 cm³/mol. The summed E-state index contributed by atoms with van der Waals surface area (Å²) in [4.78, 5) is 0. The molecular formula is C17H27N. The van der Waals surface area contributed by atoms with E-state index in [1.165, 1.54) is 42.4 Å². The first-order valence-corrected chi connectivity index (χ1v) is 7.42. The fourth-order valence-corrected chi connectivity index (χ4v) is 3.43. The maximum Gasteiger partial charge on any atom is 0.0412 e. The zero-order valence-corrected chi connectivity index (χ0v) is 12.1. The summed E-state index contributed by atoms with van der Waals surface area (Å²) in [6.45, 7) is 6.64. The maximum absolute atomic E-state index is 6.71. The van der Waals surface area contributed by atoms with E-state index in [1.807, 2.05) is 0 Å². The maximum atomic E-state index is 6.71. The van der Waals surface area contributed by atoms with Gasteiger partial charge in [0.1, 0.15) is 0 Å². The third kappa shape index (κ3) is 2.77. The van der Waals surface area contributed by atoms with Crippen molar-refractivity contribution in [1.29, 1.82) is 0 Å². The van der Waals surface area contributed by atoms with Crippen molar-refractivity contribution in [2.45, 2.75) is 64.8 Å². The van der Waals surface area contributed by atoms with Crippen LogP contribution >= 0.6 is 0 Å². The molecule has 0 radical (unpaired) electrons. The van der Waals surface area contributed by atoms with E-state index in [1.54, 1.807) is 0 Å². The monoisotopic (exact) mass is 245 g/mol. The molecule has 18 heavy (non-hydrogen) atoms. The molecule has 0 heterocycles. The highest BCUT2D eigenvalue weighted by Gasteiger charge is 2.33. The van der Waals surface area contributed by atoms with Crippen molar-refractivity contribution in [2.75, 3.05) is 0 Å². The highest BCUT2D eigenvalue weighted by Crippen LogP contribution is 2.40. The molecule has 100 valence electrons. The fourth-order valence-electron chi connectivity index (χ4n) is 3.43. The lowest BCUT2D eigenvalue weighted by atomic mass is 9.71. The van der Waals surface area contributed by atoms with Crippen LogP contribution in [-0.4, -0.2) is 0 Å². The zero-order chi connectivity index (χ0) is 13.2. The van der Waals surface area contributed by atoms with Gasteiger partial charge in [0.15, 0.2) is 0 Å². The highest BCUT2D eigenvalue weighted by atomic mass is 14.7. The molecule has 0 aromatic heterocycles. The minimum Gasteiger partial charge on any atom is -0.321 e. The van der Waals surface area contributed by atoms with E-state index in [0.717, 1.165) is 18.8 Å². The molecule has 1 heteroatoms. The van der Waals surface area contributed by atoms with Crippen molar-refractivity contribution in [1.82, 2.24) is 0 Å². The Bertz CT molecular complexity index is 400. The Morgan fingerprint density at radius 3 is 2.50 bits per heavy atom. The minimum absolute atomic E-state index is 0.0691. The molecule has 1 fully saturated rings. The van der Waals surface area contributed by atoms with Crippen molar-refractivity contribution < 1.29 is 0 Å². The topological polar surface area (TPSA) is 26.0 Å². The van der Waals surface area contributed by atoms with Crippen LogP contribution in [0.1, 0.15) is 62.1 Å². The SMILES string of the molecule is CCCC1CCC(N)(c2cc(C)ccc2C)CC1. The van der Waals surface area contributed by atoms with Crippen molar-refractivity contribution in [3.63, 3.8) is 0 Å². The summed E-state index contributed by atoms with van der Waals surface area (Å²) in [5.74, 6) is 0.914.